The molecule has 1 aromatic carbocycles. The number of esters is 1. The van der Waals surface area contributed by atoms with Crippen molar-refractivity contribution >= 4 is 17.6 Å². The van der Waals surface area contributed by atoms with Crippen LogP contribution < -0.4 is 0 Å². The first kappa shape index (κ1) is 15.4. The maximum Gasteiger partial charge on any atom is 0.336 e. The third-order valence-electron chi connectivity index (χ3n) is 2.87. The number of hydrogen-bond donors (Lipinski definition) is 1. The van der Waals surface area contributed by atoms with E-state index in [9.17, 15) is 9.90 Å². The zero-order valence-electron chi connectivity index (χ0n) is 11.5. The molecule has 2 aromatic rings. The van der Waals surface area contributed by atoms with E-state index in [1.54, 1.807) is 37.3 Å². The Labute approximate surface area is 127 Å². The van der Waals surface area contributed by atoms with Gasteiger partial charge >= 0.3 is 5.97 Å². The van der Waals surface area contributed by atoms with Crippen LogP contribution in [-0.4, -0.2) is 17.7 Å². The fourth-order valence-electron chi connectivity index (χ4n) is 1.80. The van der Waals surface area contributed by atoms with Crippen LogP contribution in [0.15, 0.2) is 53.0 Å². The van der Waals surface area contributed by atoms with Crippen LogP contribution in [0.3, 0.4) is 0 Å². The van der Waals surface area contributed by atoms with E-state index in [1.165, 1.54) is 0 Å². The van der Waals surface area contributed by atoms with E-state index in [2.05, 4.69) is 6.58 Å². The van der Waals surface area contributed by atoms with E-state index in [1.807, 2.05) is 6.07 Å². The number of aliphatic hydroxyl groups is 1. The SMILES string of the molecule is C=C(C(=O)OCC)C(O)c1ccc(-c2cccc(Cl)c2)o1. The minimum absolute atomic E-state index is 0.0659. The summed E-state index contributed by atoms with van der Waals surface area (Å²) in [5.41, 5.74) is 0.714. The van der Waals surface area contributed by atoms with Crippen molar-refractivity contribution in [2.24, 2.45) is 0 Å². The second kappa shape index (κ2) is 6.61. The Morgan fingerprint density at radius 1 is 1.43 bits per heavy atom. The first-order chi connectivity index (χ1) is 10.0. The predicted molar refractivity (Wildman–Crippen MR) is 79.9 cm³/mol. The first-order valence-electron chi connectivity index (χ1n) is 6.42. The predicted octanol–water partition coefficient (Wildman–Crippen LogP) is 3.75. The molecule has 110 valence electrons. The van der Waals surface area contributed by atoms with Crippen molar-refractivity contribution in [1.82, 2.24) is 0 Å². The number of rotatable bonds is 5. The molecule has 1 unspecified atom stereocenters. The quantitative estimate of drug-likeness (QED) is 0.675. The van der Waals surface area contributed by atoms with Gasteiger partial charge in [-0.2, -0.15) is 0 Å². The summed E-state index contributed by atoms with van der Waals surface area (Å²) in [7, 11) is 0. The van der Waals surface area contributed by atoms with Gasteiger partial charge in [-0.25, -0.2) is 4.79 Å². The Morgan fingerprint density at radius 2 is 2.19 bits per heavy atom. The monoisotopic (exact) mass is 306 g/mol. The molecule has 4 nitrogen and oxygen atoms in total. The van der Waals surface area contributed by atoms with Crippen molar-refractivity contribution in [3.05, 3.63) is 59.3 Å². The number of carbonyl (C=O) groups is 1. The Morgan fingerprint density at radius 3 is 2.86 bits per heavy atom. The summed E-state index contributed by atoms with van der Waals surface area (Å²) in [4.78, 5) is 11.5. The Hall–Kier alpha value is -2.04. The molecule has 0 spiro atoms. The maximum atomic E-state index is 11.5. The molecule has 1 N–H and O–H groups in total. The highest BCUT2D eigenvalue weighted by atomic mass is 35.5. The van der Waals surface area contributed by atoms with E-state index in [0.29, 0.717) is 10.8 Å². The van der Waals surface area contributed by atoms with Crippen LogP contribution in [0.25, 0.3) is 11.3 Å². The van der Waals surface area contributed by atoms with Crippen molar-refractivity contribution in [3.8, 4) is 11.3 Å². The summed E-state index contributed by atoms with van der Waals surface area (Å²) in [6.07, 6.45) is -1.24. The van der Waals surface area contributed by atoms with Gasteiger partial charge in [-0.1, -0.05) is 30.3 Å². The molecule has 0 aliphatic carbocycles. The minimum atomic E-state index is -1.24. The maximum absolute atomic E-state index is 11.5. The van der Waals surface area contributed by atoms with Gasteiger partial charge in [0.1, 0.15) is 17.6 Å². The Bertz CT molecular complexity index is 660. The third kappa shape index (κ3) is 3.54. The average molecular weight is 307 g/mol. The lowest BCUT2D eigenvalue weighted by molar-refractivity contribution is -0.139. The molecule has 0 fully saturated rings. The minimum Gasteiger partial charge on any atom is -0.463 e. The smallest absolute Gasteiger partial charge is 0.336 e. The lowest BCUT2D eigenvalue weighted by Crippen LogP contribution is -2.13. The van der Waals surface area contributed by atoms with Crippen LogP contribution in [-0.2, 0) is 9.53 Å². The second-order valence-electron chi connectivity index (χ2n) is 4.36. The highest BCUT2D eigenvalue weighted by Gasteiger charge is 2.22. The van der Waals surface area contributed by atoms with E-state index in [4.69, 9.17) is 20.8 Å². The summed E-state index contributed by atoms with van der Waals surface area (Å²) in [6, 6.07) is 10.4. The van der Waals surface area contributed by atoms with Gasteiger partial charge in [0.25, 0.3) is 0 Å². The van der Waals surface area contributed by atoms with Gasteiger partial charge in [-0.15, -0.1) is 0 Å². The summed E-state index contributed by atoms with van der Waals surface area (Å²) >= 11 is 5.92. The molecule has 1 heterocycles. The van der Waals surface area contributed by atoms with E-state index in [0.717, 1.165) is 5.56 Å². The second-order valence-corrected chi connectivity index (χ2v) is 4.80. The van der Waals surface area contributed by atoms with Crippen LogP contribution >= 0.6 is 11.6 Å². The molecule has 21 heavy (non-hydrogen) atoms. The van der Waals surface area contributed by atoms with Crippen LogP contribution in [0.5, 0.6) is 0 Å². The Kier molecular flexibility index (Phi) is 4.83. The largest absolute Gasteiger partial charge is 0.463 e. The van der Waals surface area contributed by atoms with E-state index < -0.39 is 12.1 Å². The number of furan rings is 1. The lowest BCUT2D eigenvalue weighted by atomic mass is 10.1. The van der Waals surface area contributed by atoms with E-state index in [-0.39, 0.29) is 17.9 Å². The van der Waals surface area contributed by atoms with Gasteiger partial charge in [0, 0.05) is 10.6 Å². The van der Waals surface area contributed by atoms with Crippen molar-refractivity contribution in [1.29, 1.82) is 0 Å². The lowest BCUT2D eigenvalue weighted by Gasteiger charge is -2.10. The first-order valence-corrected chi connectivity index (χ1v) is 6.80. The van der Waals surface area contributed by atoms with Crippen LogP contribution in [0.2, 0.25) is 5.02 Å². The van der Waals surface area contributed by atoms with Crippen molar-refractivity contribution in [3.63, 3.8) is 0 Å². The molecule has 2 rings (SSSR count). The number of benzene rings is 1. The highest BCUT2D eigenvalue weighted by Crippen LogP contribution is 2.29. The standard InChI is InChI=1S/C16H15ClO4/c1-3-20-16(19)10(2)15(18)14-8-7-13(21-14)11-5-4-6-12(17)9-11/h4-9,15,18H,2-3H2,1H3. The number of hydrogen-bond acceptors (Lipinski definition) is 4. The third-order valence-corrected chi connectivity index (χ3v) is 3.11. The molecule has 0 aliphatic rings. The highest BCUT2D eigenvalue weighted by molar-refractivity contribution is 6.30. The van der Waals surface area contributed by atoms with Crippen molar-refractivity contribution in [2.75, 3.05) is 6.61 Å². The Balaban J connectivity index is 2.20. The molecule has 0 amide bonds. The summed E-state index contributed by atoms with van der Waals surface area (Å²) in [5, 5.41) is 10.7. The molecule has 0 bridgehead atoms. The fraction of sp³-hybridized carbons (Fsp3) is 0.188. The summed E-state index contributed by atoms with van der Waals surface area (Å²) < 4.78 is 10.4. The van der Waals surface area contributed by atoms with Gasteiger partial charge in [-0.3, -0.25) is 0 Å². The molecular formula is C16H15ClO4. The van der Waals surface area contributed by atoms with Gasteiger partial charge < -0.3 is 14.3 Å². The number of carbonyl (C=O) groups excluding carboxylic acids is 1. The number of halogens is 1. The zero-order chi connectivity index (χ0) is 15.4. The zero-order valence-corrected chi connectivity index (χ0v) is 12.3. The molecule has 1 atom stereocenters. The molecule has 0 radical (unpaired) electrons. The van der Waals surface area contributed by atoms with Crippen LogP contribution in [0.4, 0.5) is 0 Å². The number of ether oxygens (including phenoxy) is 1. The fourth-order valence-corrected chi connectivity index (χ4v) is 1.99. The van der Waals surface area contributed by atoms with Gasteiger partial charge in [0.2, 0.25) is 0 Å². The molecule has 0 aliphatic heterocycles. The van der Waals surface area contributed by atoms with Crippen molar-refractivity contribution < 1.29 is 19.1 Å². The molecule has 1 aromatic heterocycles. The molecule has 5 heteroatoms. The normalized spacial score (nSPS) is 12.0. The topological polar surface area (TPSA) is 59.7 Å². The molecular weight excluding hydrogens is 292 g/mol. The summed E-state index contributed by atoms with van der Waals surface area (Å²) in [5.74, 6) is 0.122. The summed E-state index contributed by atoms with van der Waals surface area (Å²) in [6.45, 7) is 5.44. The molecule has 0 saturated carbocycles. The van der Waals surface area contributed by atoms with Crippen LogP contribution in [0.1, 0.15) is 18.8 Å². The van der Waals surface area contributed by atoms with Crippen LogP contribution in [0, 0.1) is 0 Å². The average Bonchev–Trinajstić information content (AvgIpc) is 2.95. The van der Waals surface area contributed by atoms with E-state index >= 15 is 0 Å². The van der Waals surface area contributed by atoms with Crippen molar-refractivity contribution in [2.45, 2.75) is 13.0 Å². The molecule has 0 saturated heterocycles. The van der Waals surface area contributed by atoms with Gasteiger partial charge in [0.05, 0.1) is 12.2 Å². The van der Waals surface area contributed by atoms with Gasteiger partial charge in [-0.05, 0) is 31.2 Å². The number of aliphatic hydroxyl groups excluding tert-OH is 1. The van der Waals surface area contributed by atoms with Gasteiger partial charge in [0.15, 0.2) is 0 Å².